The molecule has 3 heteroatoms. The molecule has 0 amide bonds. The normalized spacial score (nSPS) is 27.9. The van der Waals surface area contributed by atoms with Gasteiger partial charge in [0.15, 0.2) is 11.9 Å². The Kier molecular flexibility index (Phi) is 2.86. The first-order chi connectivity index (χ1) is 6.07. The zero-order valence-corrected chi connectivity index (χ0v) is 7.95. The fraction of sp³-hybridized carbons (Fsp3) is 0.600. The molecule has 0 N–H and O–H groups in total. The minimum absolute atomic E-state index is 0.0614. The fourth-order valence-electron chi connectivity index (χ4n) is 1.42. The third-order valence-corrected chi connectivity index (χ3v) is 2.16. The van der Waals surface area contributed by atoms with Gasteiger partial charge in [0.2, 0.25) is 0 Å². The van der Waals surface area contributed by atoms with Crippen molar-refractivity contribution in [3.8, 4) is 0 Å². The van der Waals surface area contributed by atoms with Crippen LogP contribution in [0.5, 0.6) is 0 Å². The molecular weight excluding hydrogens is 168 g/mol. The molecular formula is C10H14O3. The average molecular weight is 182 g/mol. The average Bonchev–Trinajstić information content (AvgIpc) is 2.32. The van der Waals surface area contributed by atoms with E-state index >= 15 is 0 Å². The van der Waals surface area contributed by atoms with E-state index in [1.807, 2.05) is 13.8 Å². The highest BCUT2D eigenvalue weighted by molar-refractivity contribution is 6.06. The highest BCUT2D eigenvalue weighted by Crippen LogP contribution is 2.25. The molecule has 0 aromatic heterocycles. The van der Waals surface area contributed by atoms with Gasteiger partial charge in [0.25, 0.3) is 0 Å². The van der Waals surface area contributed by atoms with Gasteiger partial charge in [-0.1, -0.05) is 19.9 Å². The van der Waals surface area contributed by atoms with Crippen LogP contribution in [0.25, 0.3) is 0 Å². The summed E-state index contributed by atoms with van der Waals surface area (Å²) in [6, 6.07) is 0. The van der Waals surface area contributed by atoms with Crippen LogP contribution in [-0.4, -0.2) is 17.9 Å². The molecule has 72 valence electrons. The van der Waals surface area contributed by atoms with Crippen LogP contribution in [0.4, 0.5) is 0 Å². The molecule has 3 nitrogen and oxygen atoms in total. The van der Waals surface area contributed by atoms with Crippen LogP contribution < -0.4 is 0 Å². The minimum atomic E-state index is -0.607. The van der Waals surface area contributed by atoms with Crippen LogP contribution in [-0.2, 0) is 14.3 Å². The number of rotatable bonds is 3. The Morgan fingerprint density at radius 2 is 2.15 bits per heavy atom. The van der Waals surface area contributed by atoms with Crippen molar-refractivity contribution in [2.75, 3.05) is 0 Å². The minimum Gasteiger partial charge on any atom is -0.453 e. The van der Waals surface area contributed by atoms with Gasteiger partial charge in [-0.25, -0.2) is 0 Å². The van der Waals surface area contributed by atoms with E-state index in [0.29, 0.717) is 6.42 Å². The Bertz CT molecular complexity index is 243. The van der Waals surface area contributed by atoms with Gasteiger partial charge in [-0.15, -0.1) is 6.58 Å². The summed E-state index contributed by atoms with van der Waals surface area (Å²) in [5, 5.41) is 0. The van der Waals surface area contributed by atoms with Crippen molar-refractivity contribution in [2.24, 2.45) is 11.8 Å². The number of allylic oxidation sites excluding steroid dienone is 1. The molecule has 0 saturated carbocycles. The summed E-state index contributed by atoms with van der Waals surface area (Å²) in [4.78, 5) is 22.8. The first-order valence-electron chi connectivity index (χ1n) is 4.43. The van der Waals surface area contributed by atoms with Crippen molar-refractivity contribution in [2.45, 2.75) is 26.4 Å². The highest BCUT2D eigenvalue weighted by Gasteiger charge is 2.43. The number of hydrogen-bond acceptors (Lipinski definition) is 3. The van der Waals surface area contributed by atoms with Gasteiger partial charge in [0.05, 0.1) is 0 Å². The second kappa shape index (κ2) is 3.73. The molecule has 1 fully saturated rings. The number of ether oxygens (including phenoxy) is 1. The van der Waals surface area contributed by atoms with E-state index in [1.54, 1.807) is 6.08 Å². The molecule has 0 radical (unpaired) electrons. The molecule has 1 saturated heterocycles. The Labute approximate surface area is 77.8 Å². The molecule has 1 heterocycles. The van der Waals surface area contributed by atoms with Gasteiger partial charge in [-0.3, -0.25) is 9.59 Å². The van der Waals surface area contributed by atoms with Crippen LogP contribution in [0.3, 0.4) is 0 Å². The van der Waals surface area contributed by atoms with Crippen molar-refractivity contribution in [1.82, 2.24) is 0 Å². The molecule has 0 aliphatic carbocycles. The van der Waals surface area contributed by atoms with Crippen molar-refractivity contribution in [1.29, 1.82) is 0 Å². The van der Waals surface area contributed by atoms with Gasteiger partial charge in [-0.2, -0.15) is 0 Å². The molecule has 0 aromatic rings. The quantitative estimate of drug-likeness (QED) is 0.375. The summed E-state index contributed by atoms with van der Waals surface area (Å²) in [6.07, 6.45) is 1.42. The standard InChI is InChI=1S/C10H14O3/c1-4-5-7-8(11)9(6(2)3)13-10(7)12/h4,6-7,9H,1,5H2,2-3H3/t7-,9+/m1/s1. The molecule has 1 aliphatic rings. The summed E-state index contributed by atoms with van der Waals surface area (Å²) in [7, 11) is 0. The number of carbonyl (C=O) groups is 2. The van der Waals surface area contributed by atoms with Gasteiger partial charge in [0.1, 0.15) is 5.92 Å². The van der Waals surface area contributed by atoms with Crippen molar-refractivity contribution < 1.29 is 14.3 Å². The van der Waals surface area contributed by atoms with Crippen molar-refractivity contribution in [3.63, 3.8) is 0 Å². The molecule has 13 heavy (non-hydrogen) atoms. The Morgan fingerprint density at radius 3 is 2.54 bits per heavy atom. The lowest BCUT2D eigenvalue weighted by molar-refractivity contribution is -0.145. The van der Waals surface area contributed by atoms with Gasteiger partial charge in [0, 0.05) is 0 Å². The topological polar surface area (TPSA) is 43.4 Å². The predicted molar refractivity (Wildman–Crippen MR) is 48.0 cm³/mol. The molecule has 0 unspecified atom stereocenters. The van der Waals surface area contributed by atoms with E-state index in [1.165, 1.54) is 0 Å². The second-order valence-electron chi connectivity index (χ2n) is 3.58. The Hall–Kier alpha value is -1.12. The summed E-state index contributed by atoms with van der Waals surface area (Å²) >= 11 is 0. The summed E-state index contributed by atoms with van der Waals surface area (Å²) in [5.41, 5.74) is 0. The lowest BCUT2D eigenvalue weighted by Gasteiger charge is -2.10. The zero-order valence-electron chi connectivity index (χ0n) is 7.95. The van der Waals surface area contributed by atoms with E-state index in [-0.39, 0.29) is 11.7 Å². The maximum absolute atomic E-state index is 11.6. The largest absolute Gasteiger partial charge is 0.453 e. The van der Waals surface area contributed by atoms with Gasteiger partial charge >= 0.3 is 5.97 Å². The molecule has 2 atom stereocenters. The number of cyclic esters (lactones) is 1. The number of Topliss-reactive ketones (excluding diaryl/α,β-unsaturated/α-hetero) is 1. The zero-order chi connectivity index (χ0) is 10.0. The van der Waals surface area contributed by atoms with E-state index in [4.69, 9.17) is 4.74 Å². The number of carbonyl (C=O) groups excluding carboxylic acids is 2. The third kappa shape index (κ3) is 1.79. The maximum atomic E-state index is 11.6. The van der Waals surface area contributed by atoms with Crippen LogP contribution in [0, 0.1) is 11.8 Å². The third-order valence-electron chi connectivity index (χ3n) is 2.16. The number of esters is 1. The number of hydrogen-bond donors (Lipinski definition) is 0. The SMILES string of the molecule is C=CC[C@H]1C(=O)O[C@@H](C(C)C)C1=O. The highest BCUT2D eigenvalue weighted by atomic mass is 16.6. The van der Waals surface area contributed by atoms with E-state index in [0.717, 1.165) is 0 Å². The van der Waals surface area contributed by atoms with Crippen LogP contribution in [0.1, 0.15) is 20.3 Å². The van der Waals surface area contributed by atoms with E-state index < -0.39 is 18.0 Å². The molecule has 0 aromatic carbocycles. The van der Waals surface area contributed by atoms with E-state index in [2.05, 4.69) is 6.58 Å². The fourth-order valence-corrected chi connectivity index (χ4v) is 1.42. The second-order valence-corrected chi connectivity index (χ2v) is 3.58. The molecule has 0 bridgehead atoms. The van der Waals surface area contributed by atoms with Gasteiger partial charge < -0.3 is 4.74 Å². The summed E-state index contributed by atoms with van der Waals surface area (Å²) < 4.78 is 4.96. The van der Waals surface area contributed by atoms with Crippen molar-refractivity contribution in [3.05, 3.63) is 12.7 Å². The van der Waals surface area contributed by atoms with Gasteiger partial charge in [-0.05, 0) is 12.3 Å². The monoisotopic (exact) mass is 182 g/mol. The number of ketones is 1. The van der Waals surface area contributed by atoms with Crippen LogP contribution >= 0.6 is 0 Å². The Morgan fingerprint density at radius 1 is 1.54 bits per heavy atom. The summed E-state index contributed by atoms with van der Waals surface area (Å²) in [6.45, 7) is 7.24. The first-order valence-corrected chi connectivity index (χ1v) is 4.43. The van der Waals surface area contributed by atoms with Crippen LogP contribution in [0.15, 0.2) is 12.7 Å². The van der Waals surface area contributed by atoms with Crippen molar-refractivity contribution >= 4 is 11.8 Å². The molecule has 1 aliphatic heterocycles. The smallest absolute Gasteiger partial charge is 0.317 e. The summed E-state index contributed by atoms with van der Waals surface area (Å²) in [5.74, 6) is -1.04. The van der Waals surface area contributed by atoms with Crippen LogP contribution in [0.2, 0.25) is 0 Å². The predicted octanol–water partition coefficient (Wildman–Crippen LogP) is 1.33. The lowest BCUT2D eigenvalue weighted by Crippen LogP contribution is -2.25. The molecule has 1 rings (SSSR count). The lowest BCUT2D eigenvalue weighted by atomic mass is 9.94. The maximum Gasteiger partial charge on any atom is 0.317 e. The first kappa shape index (κ1) is 9.96. The molecule has 0 spiro atoms. The van der Waals surface area contributed by atoms with E-state index in [9.17, 15) is 9.59 Å². The Balaban J connectivity index is 2.75.